The normalized spacial score (nSPS) is 12.4. The summed E-state index contributed by atoms with van der Waals surface area (Å²) < 4.78 is 1.02. The van der Waals surface area contributed by atoms with Gasteiger partial charge in [-0.2, -0.15) is 0 Å². The molecule has 112 valence electrons. The summed E-state index contributed by atoms with van der Waals surface area (Å²) in [6, 6.07) is 11.1. The monoisotopic (exact) mass is 364 g/mol. The Bertz CT molecular complexity index is 584. The summed E-state index contributed by atoms with van der Waals surface area (Å²) in [5.41, 5.74) is 4.04. The largest absolute Gasteiger partial charge is 0.309 e. The fourth-order valence-corrected chi connectivity index (χ4v) is 3.42. The zero-order chi connectivity index (χ0) is 15.2. The Labute approximate surface area is 139 Å². The molecule has 1 N–H and O–H groups in total. The number of nitrogens with zero attached hydrogens (tertiary/aromatic N) is 1. The maximum Gasteiger partial charge on any atom is 0.0961 e. The molecule has 0 bridgehead atoms. The van der Waals surface area contributed by atoms with Crippen molar-refractivity contribution in [3.8, 4) is 0 Å². The smallest absolute Gasteiger partial charge is 0.0961 e. The number of halogens is 1. The molecule has 0 saturated heterocycles. The number of benzene rings is 1. The van der Waals surface area contributed by atoms with Crippen LogP contribution in [0, 0.1) is 13.8 Å². The molecule has 0 aliphatic carbocycles. The van der Waals surface area contributed by atoms with Crippen LogP contribution in [0.4, 0.5) is 0 Å². The highest BCUT2D eigenvalue weighted by molar-refractivity contribution is 9.10. The Hall–Kier alpha value is -0.840. The Balaban J connectivity index is 2.11. The molecule has 1 heterocycles. The van der Waals surface area contributed by atoms with Gasteiger partial charge in [-0.3, -0.25) is 0 Å². The molecule has 0 radical (unpaired) electrons. The first-order valence-electron chi connectivity index (χ1n) is 7.15. The van der Waals surface area contributed by atoms with E-state index in [1.54, 1.807) is 11.8 Å². The predicted molar refractivity (Wildman–Crippen MR) is 95.0 cm³/mol. The van der Waals surface area contributed by atoms with Gasteiger partial charge in [0.05, 0.1) is 5.03 Å². The molecule has 2 aromatic rings. The van der Waals surface area contributed by atoms with Crippen molar-refractivity contribution in [1.82, 2.24) is 10.3 Å². The van der Waals surface area contributed by atoms with Crippen molar-refractivity contribution in [3.05, 3.63) is 57.7 Å². The minimum atomic E-state index is 0.352. The molecule has 0 aliphatic rings. The van der Waals surface area contributed by atoms with E-state index in [0.717, 1.165) is 21.8 Å². The Morgan fingerprint density at radius 1 is 1.24 bits per heavy atom. The van der Waals surface area contributed by atoms with Crippen molar-refractivity contribution in [2.24, 2.45) is 0 Å². The molecular formula is C17H21BrN2S. The molecule has 21 heavy (non-hydrogen) atoms. The summed E-state index contributed by atoms with van der Waals surface area (Å²) in [5.74, 6) is 0.979. The molecule has 0 amide bonds. The first kappa shape index (κ1) is 16.5. The minimum Gasteiger partial charge on any atom is -0.309 e. The van der Waals surface area contributed by atoms with Gasteiger partial charge in [0.15, 0.2) is 0 Å². The van der Waals surface area contributed by atoms with Crippen molar-refractivity contribution in [2.45, 2.75) is 31.8 Å². The summed E-state index contributed by atoms with van der Waals surface area (Å²) in [7, 11) is 0. The number of aromatic nitrogens is 1. The van der Waals surface area contributed by atoms with E-state index >= 15 is 0 Å². The van der Waals surface area contributed by atoms with E-state index in [9.17, 15) is 0 Å². The summed E-state index contributed by atoms with van der Waals surface area (Å²) in [6.45, 7) is 7.45. The number of hydrogen-bond donors (Lipinski definition) is 1. The minimum absolute atomic E-state index is 0.352. The first-order chi connectivity index (χ1) is 10.1. The summed E-state index contributed by atoms with van der Waals surface area (Å²) in [6.07, 6.45) is 1.85. The van der Waals surface area contributed by atoms with Crippen molar-refractivity contribution < 1.29 is 0 Å². The molecule has 2 nitrogen and oxygen atoms in total. The number of hydrogen-bond acceptors (Lipinski definition) is 3. The number of thioether (sulfide) groups is 1. The van der Waals surface area contributed by atoms with Crippen LogP contribution >= 0.6 is 27.7 Å². The van der Waals surface area contributed by atoms with Gasteiger partial charge in [-0.05, 0) is 59.6 Å². The van der Waals surface area contributed by atoms with Crippen LogP contribution in [0.25, 0.3) is 0 Å². The average molecular weight is 365 g/mol. The highest BCUT2D eigenvalue weighted by atomic mass is 79.9. The van der Waals surface area contributed by atoms with Gasteiger partial charge in [-0.15, -0.1) is 11.8 Å². The third kappa shape index (κ3) is 4.83. The third-order valence-electron chi connectivity index (χ3n) is 3.36. The van der Waals surface area contributed by atoms with Crippen molar-refractivity contribution in [1.29, 1.82) is 0 Å². The number of pyridine rings is 1. The molecule has 0 spiro atoms. The van der Waals surface area contributed by atoms with E-state index in [1.807, 2.05) is 12.3 Å². The Morgan fingerprint density at radius 3 is 2.71 bits per heavy atom. The van der Waals surface area contributed by atoms with Crippen LogP contribution in [-0.2, 0) is 0 Å². The van der Waals surface area contributed by atoms with Gasteiger partial charge in [-0.25, -0.2) is 4.98 Å². The lowest BCUT2D eigenvalue weighted by Crippen LogP contribution is -2.23. The predicted octanol–water partition coefficient (Wildman–Crippen LogP) is 4.90. The van der Waals surface area contributed by atoms with E-state index in [1.165, 1.54) is 16.7 Å². The van der Waals surface area contributed by atoms with Crippen molar-refractivity contribution in [3.63, 3.8) is 0 Å². The molecule has 2 rings (SSSR count). The van der Waals surface area contributed by atoms with Gasteiger partial charge < -0.3 is 5.32 Å². The van der Waals surface area contributed by atoms with Crippen LogP contribution in [0.3, 0.4) is 0 Å². The maximum absolute atomic E-state index is 4.43. The zero-order valence-electron chi connectivity index (χ0n) is 12.7. The lowest BCUT2D eigenvalue weighted by atomic mass is 10.00. The highest BCUT2D eigenvalue weighted by Gasteiger charge is 2.13. The molecule has 1 aromatic heterocycles. The lowest BCUT2D eigenvalue weighted by Gasteiger charge is -2.20. The third-order valence-corrected chi connectivity index (χ3v) is 4.87. The second kappa shape index (κ2) is 7.97. The number of rotatable bonds is 6. The SMILES string of the molecule is CCNC(CSc1ccc(Br)cn1)c1cc(C)ccc1C. The molecular weight excluding hydrogens is 344 g/mol. The molecule has 0 fully saturated rings. The molecule has 1 unspecified atom stereocenters. The van der Waals surface area contributed by atoms with Crippen LogP contribution in [0.2, 0.25) is 0 Å². The quantitative estimate of drug-likeness (QED) is 0.737. The highest BCUT2D eigenvalue weighted by Crippen LogP contribution is 2.26. The van der Waals surface area contributed by atoms with Crippen molar-refractivity contribution >= 4 is 27.7 Å². The van der Waals surface area contributed by atoms with Gasteiger partial charge in [0.25, 0.3) is 0 Å². The zero-order valence-corrected chi connectivity index (χ0v) is 15.1. The van der Waals surface area contributed by atoms with Crippen molar-refractivity contribution in [2.75, 3.05) is 12.3 Å². The molecule has 0 aliphatic heterocycles. The fraction of sp³-hybridized carbons (Fsp3) is 0.353. The Kier molecular flexibility index (Phi) is 6.27. The van der Waals surface area contributed by atoms with Crippen LogP contribution in [0.1, 0.15) is 29.7 Å². The number of aryl methyl sites for hydroxylation is 2. The van der Waals surface area contributed by atoms with Gasteiger partial charge in [0, 0.05) is 22.5 Å². The topological polar surface area (TPSA) is 24.9 Å². The standard InChI is InChI=1S/C17H21BrN2S/c1-4-19-16(15-9-12(2)5-6-13(15)3)11-21-17-8-7-14(18)10-20-17/h5-10,16,19H,4,11H2,1-3H3. The van der Waals surface area contributed by atoms with E-state index in [2.05, 4.69) is 71.3 Å². The van der Waals surface area contributed by atoms with Gasteiger partial charge in [0.1, 0.15) is 0 Å². The van der Waals surface area contributed by atoms with E-state index in [-0.39, 0.29) is 0 Å². The second-order valence-electron chi connectivity index (χ2n) is 5.10. The number of nitrogens with one attached hydrogen (secondary N) is 1. The van der Waals surface area contributed by atoms with Crippen LogP contribution in [0.5, 0.6) is 0 Å². The molecule has 0 saturated carbocycles. The van der Waals surface area contributed by atoms with E-state index in [4.69, 9.17) is 0 Å². The van der Waals surface area contributed by atoms with Gasteiger partial charge in [0.2, 0.25) is 0 Å². The second-order valence-corrected chi connectivity index (χ2v) is 7.05. The van der Waals surface area contributed by atoms with Crippen LogP contribution in [0.15, 0.2) is 46.0 Å². The maximum atomic E-state index is 4.43. The molecule has 4 heteroatoms. The average Bonchev–Trinajstić information content (AvgIpc) is 2.48. The van der Waals surface area contributed by atoms with Gasteiger partial charge >= 0.3 is 0 Å². The Morgan fingerprint density at radius 2 is 2.05 bits per heavy atom. The van der Waals surface area contributed by atoms with Crippen LogP contribution < -0.4 is 5.32 Å². The first-order valence-corrected chi connectivity index (χ1v) is 8.93. The van der Waals surface area contributed by atoms with Crippen LogP contribution in [-0.4, -0.2) is 17.3 Å². The lowest BCUT2D eigenvalue weighted by molar-refractivity contribution is 0.602. The summed E-state index contributed by atoms with van der Waals surface area (Å²) in [4.78, 5) is 4.43. The molecule has 1 aromatic carbocycles. The summed E-state index contributed by atoms with van der Waals surface area (Å²) >= 11 is 5.21. The summed E-state index contributed by atoms with van der Waals surface area (Å²) in [5, 5.41) is 4.65. The molecule has 1 atom stereocenters. The van der Waals surface area contributed by atoms with Gasteiger partial charge in [-0.1, -0.05) is 30.7 Å². The van der Waals surface area contributed by atoms with E-state index in [0.29, 0.717) is 6.04 Å². The van der Waals surface area contributed by atoms with E-state index < -0.39 is 0 Å². The fourth-order valence-electron chi connectivity index (χ4n) is 2.26.